The molecule has 9 nitrogen and oxygen atoms in total. The molecule has 1 aromatic carbocycles. The second-order valence-electron chi connectivity index (χ2n) is 5.54. The fraction of sp³-hybridized carbons (Fsp3) is 0.118. The standard InChI is InChI=1S/C17H14N6O3S/c18-16(25)15(24)12(8-10-4-2-1-3-5-10)21-17(26)14-13(22-27-23-14)11-6-7-19-20-9-11/h1-7,9,12H,8H2,(H2,18,25)(H,21,26). The third kappa shape index (κ3) is 4.36. The molecule has 0 radical (unpaired) electrons. The van der Waals surface area contributed by atoms with E-state index >= 15 is 0 Å². The number of Topliss-reactive ketones (excluding diaryl/α,β-unsaturated/α-hetero) is 1. The SMILES string of the molecule is NC(=O)C(=O)C(Cc1ccccc1)NC(=O)c1nsnc1-c1ccnnc1. The highest BCUT2D eigenvalue weighted by Gasteiger charge is 2.28. The highest BCUT2D eigenvalue weighted by atomic mass is 32.1. The van der Waals surface area contributed by atoms with Crippen molar-refractivity contribution in [2.75, 3.05) is 0 Å². The molecule has 0 aliphatic carbocycles. The Morgan fingerprint density at radius 3 is 2.52 bits per heavy atom. The van der Waals surface area contributed by atoms with Crippen LogP contribution in [0.3, 0.4) is 0 Å². The molecule has 3 rings (SSSR count). The maximum Gasteiger partial charge on any atom is 0.287 e. The van der Waals surface area contributed by atoms with Crippen LogP contribution < -0.4 is 11.1 Å². The summed E-state index contributed by atoms with van der Waals surface area (Å²) in [6, 6.07) is 9.50. The number of nitrogens with zero attached hydrogens (tertiary/aromatic N) is 4. The molecular weight excluding hydrogens is 368 g/mol. The van der Waals surface area contributed by atoms with E-state index in [1.54, 1.807) is 30.3 Å². The lowest BCUT2D eigenvalue weighted by molar-refractivity contribution is -0.137. The predicted molar refractivity (Wildman–Crippen MR) is 96.5 cm³/mol. The number of carbonyl (C=O) groups is 3. The molecule has 1 unspecified atom stereocenters. The minimum Gasteiger partial charge on any atom is -0.363 e. The van der Waals surface area contributed by atoms with Gasteiger partial charge in [-0.2, -0.15) is 18.9 Å². The molecule has 0 saturated heterocycles. The van der Waals surface area contributed by atoms with Crippen molar-refractivity contribution in [1.29, 1.82) is 0 Å². The van der Waals surface area contributed by atoms with Gasteiger partial charge in [0.15, 0.2) is 5.69 Å². The zero-order valence-corrected chi connectivity index (χ0v) is 14.7. The van der Waals surface area contributed by atoms with Gasteiger partial charge in [0.05, 0.1) is 24.1 Å². The van der Waals surface area contributed by atoms with E-state index in [0.29, 0.717) is 11.3 Å². The van der Waals surface area contributed by atoms with Gasteiger partial charge in [-0.05, 0) is 11.6 Å². The van der Waals surface area contributed by atoms with Crippen LogP contribution in [0.2, 0.25) is 0 Å². The van der Waals surface area contributed by atoms with Crippen molar-refractivity contribution in [3.8, 4) is 11.3 Å². The van der Waals surface area contributed by atoms with E-state index in [9.17, 15) is 14.4 Å². The lowest BCUT2D eigenvalue weighted by Gasteiger charge is -2.16. The van der Waals surface area contributed by atoms with Gasteiger partial charge in [0.2, 0.25) is 5.78 Å². The summed E-state index contributed by atoms with van der Waals surface area (Å²) >= 11 is 0.850. The van der Waals surface area contributed by atoms with Crippen LogP contribution >= 0.6 is 11.7 Å². The molecule has 3 aromatic rings. The van der Waals surface area contributed by atoms with Crippen molar-refractivity contribution in [1.82, 2.24) is 24.3 Å². The fourth-order valence-corrected chi connectivity index (χ4v) is 2.98. The number of hydrogen-bond acceptors (Lipinski definition) is 8. The average molecular weight is 382 g/mol. The Labute approximate surface area is 158 Å². The first-order chi connectivity index (χ1) is 13.1. The topological polar surface area (TPSA) is 141 Å². The molecule has 0 fully saturated rings. The normalized spacial score (nSPS) is 11.6. The van der Waals surface area contributed by atoms with Crippen LogP contribution in [0.1, 0.15) is 16.1 Å². The molecule has 0 bridgehead atoms. The maximum atomic E-state index is 12.7. The number of benzene rings is 1. The van der Waals surface area contributed by atoms with Gasteiger partial charge >= 0.3 is 0 Å². The van der Waals surface area contributed by atoms with Gasteiger partial charge in [-0.3, -0.25) is 14.4 Å². The smallest absolute Gasteiger partial charge is 0.287 e. The molecule has 0 aliphatic rings. The highest BCUT2D eigenvalue weighted by Crippen LogP contribution is 2.20. The highest BCUT2D eigenvalue weighted by molar-refractivity contribution is 6.99. The second-order valence-corrected chi connectivity index (χ2v) is 6.07. The first-order valence-electron chi connectivity index (χ1n) is 7.84. The summed E-state index contributed by atoms with van der Waals surface area (Å²) in [6.45, 7) is 0. The van der Waals surface area contributed by atoms with Crippen molar-refractivity contribution in [2.24, 2.45) is 5.73 Å². The van der Waals surface area contributed by atoms with Gasteiger partial charge in [-0.15, -0.1) is 0 Å². The number of carbonyl (C=O) groups excluding carboxylic acids is 3. The van der Waals surface area contributed by atoms with Crippen molar-refractivity contribution >= 4 is 29.3 Å². The number of hydrogen-bond donors (Lipinski definition) is 2. The summed E-state index contributed by atoms with van der Waals surface area (Å²) in [7, 11) is 0. The second kappa shape index (κ2) is 8.23. The summed E-state index contributed by atoms with van der Waals surface area (Å²) in [5, 5.41) is 9.96. The van der Waals surface area contributed by atoms with Crippen LogP contribution in [0.4, 0.5) is 0 Å². The molecule has 27 heavy (non-hydrogen) atoms. The Bertz CT molecular complexity index is 961. The number of nitrogens with two attached hydrogens (primary N) is 1. The van der Waals surface area contributed by atoms with Crippen molar-refractivity contribution in [3.63, 3.8) is 0 Å². The Balaban J connectivity index is 1.84. The van der Waals surface area contributed by atoms with Crippen LogP contribution in [0.5, 0.6) is 0 Å². The molecular formula is C17H14N6O3S. The average Bonchev–Trinajstić information content (AvgIpc) is 3.18. The van der Waals surface area contributed by atoms with Crippen LogP contribution in [-0.2, 0) is 16.0 Å². The van der Waals surface area contributed by atoms with Crippen molar-refractivity contribution in [2.45, 2.75) is 12.5 Å². The van der Waals surface area contributed by atoms with Gasteiger partial charge in [-0.1, -0.05) is 30.3 Å². The number of aromatic nitrogens is 4. The van der Waals surface area contributed by atoms with Crippen LogP contribution in [-0.4, -0.2) is 42.6 Å². The van der Waals surface area contributed by atoms with E-state index in [-0.39, 0.29) is 12.1 Å². The van der Waals surface area contributed by atoms with E-state index in [2.05, 4.69) is 24.3 Å². The third-order valence-corrected chi connectivity index (χ3v) is 4.24. The monoisotopic (exact) mass is 382 g/mol. The Morgan fingerprint density at radius 2 is 1.85 bits per heavy atom. The molecule has 0 saturated carbocycles. The third-order valence-electron chi connectivity index (χ3n) is 3.71. The summed E-state index contributed by atoms with van der Waals surface area (Å²) in [6.07, 6.45) is 3.03. The predicted octanol–water partition coefficient (Wildman–Crippen LogP) is 0.391. The lowest BCUT2D eigenvalue weighted by Crippen LogP contribution is -2.47. The molecule has 2 amide bonds. The lowest BCUT2D eigenvalue weighted by atomic mass is 10.0. The molecule has 136 valence electrons. The number of ketones is 1. The zero-order valence-electron chi connectivity index (χ0n) is 13.9. The molecule has 0 spiro atoms. The molecule has 2 heterocycles. The number of amides is 2. The van der Waals surface area contributed by atoms with E-state index < -0.39 is 23.6 Å². The summed E-state index contributed by atoms with van der Waals surface area (Å²) in [5.74, 6) is -2.64. The quantitative estimate of drug-likeness (QED) is 0.563. The Morgan fingerprint density at radius 1 is 1.07 bits per heavy atom. The molecule has 2 aromatic heterocycles. The minimum atomic E-state index is -1.12. The molecule has 3 N–H and O–H groups in total. The van der Waals surface area contributed by atoms with Gasteiger partial charge in [0, 0.05) is 12.0 Å². The Kier molecular flexibility index (Phi) is 5.57. The molecule has 10 heteroatoms. The van der Waals surface area contributed by atoms with Crippen LogP contribution in [0.15, 0.2) is 48.8 Å². The molecule has 1 atom stereocenters. The first-order valence-corrected chi connectivity index (χ1v) is 8.57. The molecule has 0 aliphatic heterocycles. The van der Waals surface area contributed by atoms with E-state index in [0.717, 1.165) is 17.3 Å². The van der Waals surface area contributed by atoms with Gasteiger partial charge < -0.3 is 11.1 Å². The largest absolute Gasteiger partial charge is 0.363 e. The minimum absolute atomic E-state index is 0.0309. The van der Waals surface area contributed by atoms with Gasteiger partial charge in [0.25, 0.3) is 11.8 Å². The first kappa shape index (κ1) is 18.3. The van der Waals surface area contributed by atoms with Crippen LogP contribution in [0, 0.1) is 0 Å². The summed E-state index contributed by atoms with van der Waals surface area (Å²) in [4.78, 5) is 36.2. The Hall–Kier alpha value is -3.53. The van der Waals surface area contributed by atoms with E-state index in [1.807, 2.05) is 6.07 Å². The summed E-state index contributed by atoms with van der Waals surface area (Å²) < 4.78 is 8.10. The number of nitrogens with one attached hydrogen (secondary N) is 1. The van der Waals surface area contributed by atoms with Crippen LogP contribution in [0.25, 0.3) is 11.3 Å². The maximum absolute atomic E-state index is 12.7. The van der Waals surface area contributed by atoms with E-state index in [1.165, 1.54) is 12.4 Å². The zero-order chi connectivity index (χ0) is 19.2. The van der Waals surface area contributed by atoms with Gasteiger partial charge in [0.1, 0.15) is 11.7 Å². The van der Waals surface area contributed by atoms with Gasteiger partial charge in [-0.25, -0.2) is 0 Å². The van der Waals surface area contributed by atoms with Crippen molar-refractivity contribution < 1.29 is 14.4 Å². The van der Waals surface area contributed by atoms with Crippen molar-refractivity contribution in [3.05, 3.63) is 60.0 Å². The number of rotatable bonds is 7. The number of primary amides is 1. The summed E-state index contributed by atoms with van der Waals surface area (Å²) in [5.41, 5.74) is 6.80. The van der Waals surface area contributed by atoms with E-state index in [4.69, 9.17) is 5.73 Å². The fourth-order valence-electron chi connectivity index (χ4n) is 2.42.